The lowest BCUT2D eigenvalue weighted by atomic mass is 9.92. The molecule has 4 rings (SSSR count). The van der Waals surface area contributed by atoms with Gasteiger partial charge < -0.3 is 10.6 Å². The Morgan fingerprint density at radius 2 is 1.88 bits per heavy atom. The Hall–Kier alpha value is -3.89. The third-order valence-corrected chi connectivity index (χ3v) is 5.55. The fourth-order valence-corrected chi connectivity index (χ4v) is 3.69. The van der Waals surface area contributed by atoms with E-state index in [9.17, 15) is 20.2 Å². The summed E-state index contributed by atoms with van der Waals surface area (Å²) in [5.41, 5.74) is 2.31. The molecule has 0 bridgehead atoms. The first-order valence-electron chi connectivity index (χ1n) is 10.1. The highest BCUT2D eigenvalue weighted by Gasteiger charge is 2.25. The van der Waals surface area contributed by atoms with Crippen molar-refractivity contribution in [3.05, 3.63) is 98.6 Å². The number of anilines is 2. The van der Waals surface area contributed by atoms with Crippen LogP contribution in [0.3, 0.4) is 0 Å². The van der Waals surface area contributed by atoms with E-state index in [1.807, 2.05) is 30.3 Å². The van der Waals surface area contributed by atoms with Crippen LogP contribution in [0.4, 0.5) is 17.1 Å². The van der Waals surface area contributed by atoms with E-state index in [2.05, 4.69) is 16.7 Å². The summed E-state index contributed by atoms with van der Waals surface area (Å²) in [7, 11) is 0. The molecule has 32 heavy (non-hydrogen) atoms. The fourth-order valence-electron chi connectivity index (χ4n) is 3.40. The van der Waals surface area contributed by atoms with Crippen LogP contribution in [0.5, 0.6) is 0 Å². The Morgan fingerprint density at radius 3 is 2.50 bits per heavy atom. The highest BCUT2D eigenvalue weighted by atomic mass is 35.5. The molecule has 1 atom stereocenters. The number of nitriles is 1. The van der Waals surface area contributed by atoms with Crippen molar-refractivity contribution in [2.24, 2.45) is 0 Å². The van der Waals surface area contributed by atoms with Crippen molar-refractivity contribution in [3.63, 3.8) is 0 Å². The van der Waals surface area contributed by atoms with Crippen molar-refractivity contribution in [2.45, 2.75) is 24.8 Å². The van der Waals surface area contributed by atoms with E-state index in [4.69, 9.17) is 11.6 Å². The van der Waals surface area contributed by atoms with Gasteiger partial charge in [-0.1, -0.05) is 48.0 Å². The minimum absolute atomic E-state index is 0.141. The zero-order chi connectivity index (χ0) is 22.7. The third kappa shape index (κ3) is 4.71. The first kappa shape index (κ1) is 21.3. The van der Waals surface area contributed by atoms with Crippen LogP contribution >= 0.6 is 11.6 Å². The maximum Gasteiger partial charge on any atom is 0.293 e. The highest BCUT2D eigenvalue weighted by Crippen LogP contribution is 2.33. The molecule has 1 amide bonds. The quantitative estimate of drug-likeness (QED) is 0.356. The number of hydrogen-bond acceptors (Lipinski definition) is 5. The summed E-state index contributed by atoms with van der Waals surface area (Å²) < 4.78 is 0. The second kappa shape index (κ2) is 9.08. The molecule has 1 saturated carbocycles. The Bertz CT molecular complexity index is 1220. The molecule has 2 N–H and O–H groups in total. The number of hydrogen-bond donors (Lipinski definition) is 2. The van der Waals surface area contributed by atoms with E-state index in [0.29, 0.717) is 22.0 Å². The zero-order valence-electron chi connectivity index (χ0n) is 16.9. The summed E-state index contributed by atoms with van der Waals surface area (Å²) in [6.07, 6.45) is 1.96. The van der Waals surface area contributed by atoms with Gasteiger partial charge in [0.2, 0.25) is 0 Å². The molecule has 160 valence electrons. The molecule has 1 aliphatic rings. The van der Waals surface area contributed by atoms with E-state index >= 15 is 0 Å². The molecule has 7 nitrogen and oxygen atoms in total. The van der Waals surface area contributed by atoms with E-state index in [1.165, 1.54) is 6.07 Å². The number of nitrogens with zero attached hydrogens (tertiary/aromatic N) is 2. The Kier molecular flexibility index (Phi) is 6.06. The van der Waals surface area contributed by atoms with Crippen LogP contribution in [0.25, 0.3) is 0 Å². The van der Waals surface area contributed by atoms with Gasteiger partial charge in [0.15, 0.2) is 0 Å². The van der Waals surface area contributed by atoms with Crippen molar-refractivity contribution >= 4 is 34.6 Å². The minimum atomic E-state index is -0.539. The monoisotopic (exact) mass is 446 g/mol. The van der Waals surface area contributed by atoms with Gasteiger partial charge in [0, 0.05) is 28.4 Å². The summed E-state index contributed by atoms with van der Waals surface area (Å²) in [6.45, 7) is 0. The first-order chi connectivity index (χ1) is 15.5. The molecule has 0 saturated heterocycles. The summed E-state index contributed by atoms with van der Waals surface area (Å²) in [4.78, 5) is 23.6. The van der Waals surface area contributed by atoms with Crippen LogP contribution in [0.2, 0.25) is 5.02 Å². The predicted molar refractivity (Wildman–Crippen MR) is 123 cm³/mol. The number of rotatable bonds is 7. The van der Waals surface area contributed by atoms with Crippen LogP contribution in [0.15, 0.2) is 66.7 Å². The van der Waals surface area contributed by atoms with Gasteiger partial charge in [-0.3, -0.25) is 14.9 Å². The molecule has 3 aromatic carbocycles. The van der Waals surface area contributed by atoms with Crippen LogP contribution < -0.4 is 10.6 Å². The van der Waals surface area contributed by atoms with E-state index < -0.39 is 16.7 Å². The van der Waals surface area contributed by atoms with Crippen LogP contribution in [0, 0.1) is 21.4 Å². The zero-order valence-corrected chi connectivity index (χ0v) is 17.7. The molecule has 0 spiro atoms. The maximum absolute atomic E-state index is 12.7. The molecule has 3 aromatic rings. The van der Waals surface area contributed by atoms with Gasteiger partial charge >= 0.3 is 0 Å². The molecule has 1 unspecified atom stereocenters. The normalized spacial score (nSPS) is 13.6. The lowest BCUT2D eigenvalue weighted by Crippen LogP contribution is -2.13. The van der Waals surface area contributed by atoms with E-state index in [-0.39, 0.29) is 17.3 Å². The summed E-state index contributed by atoms with van der Waals surface area (Å²) in [6, 6.07) is 21.1. The second-order valence-corrected chi connectivity index (χ2v) is 7.98. The number of nitro benzene ring substituents is 1. The predicted octanol–water partition coefficient (Wildman–Crippen LogP) is 5.73. The third-order valence-electron chi connectivity index (χ3n) is 5.22. The van der Waals surface area contributed by atoms with Gasteiger partial charge in [0.05, 0.1) is 16.9 Å². The lowest BCUT2D eigenvalue weighted by Gasteiger charge is -2.14. The van der Waals surface area contributed by atoms with Gasteiger partial charge in [-0.15, -0.1) is 0 Å². The van der Waals surface area contributed by atoms with Gasteiger partial charge in [0.25, 0.3) is 11.6 Å². The average molecular weight is 447 g/mol. The number of nitro groups is 1. The van der Waals surface area contributed by atoms with Crippen molar-refractivity contribution in [3.8, 4) is 6.07 Å². The largest absolute Gasteiger partial charge is 0.377 e. The molecule has 1 aliphatic carbocycles. The SMILES string of the molecule is N#CC(c1ccccc1)c1ccc(NC(=O)c2ccc(NC3CC3)c([N+](=O)[O-])c2)cc1Cl. The van der Waals surface area contributed by atoms with E-state index in [0.717, 1.165) is 18.4 Å². The molecule has 0 aliphatic heterocycles. The van der Waals surface area contributed by atoms with Crippen molar-refractivity contribution in [1.82, 2.24) is 0 Å². The molecule has 0 heterocycles. The number of halogens is 1. The summed E-state index contributed by atoms with van der Waals surface area (Å²) >= 11 is 6.42. The van der Waals surface area contributed by atoms with Crippen LogP contribution in [-0.2, 0) is 0 Å². The van der Waals surface area contributed by atoms with Crippen molar-refractivity contribution in [2.75, 3.05) is 10.6 Å². The Balaban J connectivity index is 1.53. The molecule has 0 aromatic heterocycles. The van der Waals surface area contributed by atoms with E-state index in [1.54, 1.807) is 30.3 Å². The van der Waals surface area contributed by atoms with Crippen molar-refractivity contribution < 1.29 is 9.72 Å². The van der Waals surface area contributed by atoms with Gasteiger partial charge in [-0.2, -0.15) is 5.26 Å². The molecular weight excluding hydrogens is 428 g/mol. The number of carbonyl (C=O) groups is 1. The van der Waals surface area contributed by atoms with Gasteiger partial charge in [-0.25, -0.2) is 0 Å². The second-order valence-electron chi connectivity index (χ2n) is 7.57. The summed E-state index contributed by atoms with van der Waals surface area (Å²) in [5.74, 6) is -1.03. The van der Waals surface area contributed by atoms with Crippen molar-refractivity contribution in [1.29, 1.82) is 5.26 Å². The molecule has 8 heteroatoms. The number of amides is 1. The van der Waals surface area contributed by atoms with Crippen LogP contribution in [0.1, 0.15) is 40.2 Å². The fraction of sp³-hybridized carbons (Fsp3) is 0.167. The molecule has 0 radical (unpaired) electrons. The number of carbonyl (C=O) groups excluding carboxylic acids is 1. The van der Waals surface area contributed by atoms with Gasteiger partial charge in [-0.05, 0) is 48.2 Å². The first-order valence-corrected chi connectivity index (χ1v) is 10.4. The summed E-state index contributed by atoms with van der Waals surface area (Å²) in [5, 5.41) is 27.2. The smallest absolute Gasteiger partial charge is 0.293 e. The standard InChI is InChI=1S/C24H19ClN4O3/c25-21-13-18(9-10-19(21)20(14-26)15-4-2-1-3-5-15)28-24(30)16-6-11-22(27-17-7-8-17)23(12-16)29(31)32/h1-6,9-13,17,20,27H,7-8H2,(H,28,30). The number of nitrogens with one attached hydrogen (secondary N) is 2. The topological polar surface area (TPSA) is 108 Å². The Morgan fingerprint density at radius 1 is 1.12 bits per heavy atom. The minimum Gasteiger partial charge on any atom is -0.377 e. The van der Waals surface area contributed by atoms with Gasteiger partial charge in [0.1, 0.15) is 5.69 Å². The average Bonchev–Trinajstić information content (AvgIpc) is 3.60. The van der Waals surface area contributed by atoms with Crippen LogP contribution in [-0.4, -0.2) is 16.9 Å². The maximum atomic E-state index is 12.7. The number of benzene rings is 3. The molecular formula is C24H19ClN4O3. The Labute approximate surface area is 189 Å². The lowest BCUT2D eigenvalue weighted by molar-refractivity contribution is -0.384. The molecule has 1 fully saturated rings. The highest BCUT2D eigenvalue weighted by molar-refractivity contribution is 6.32.